The van der Waals surface area contributed by atoms with Gasteiger partial charge in [-0.15, -0.1) is 0 Å². The highest BCUT2D eigenvalue weighted by molar-refractivity contribution is 6.33. The molecule has 0 radical (unpaired) electrons. The van der Waals surface area contributed by atoms with E-state index in [2.05, 4.69) is 22.3 Å². The molecule has 2 aromatic rings. The Bertz CT molecular complexity index is 774. The van der Waals surface area contributed by atoms with E-state index in [4.69, 9.17) is 21.4 Å². The maximum atomic E-state index is 12.2. The highest BCUT2D eigenvalue weighted by atomic mass is 35.5. The number of hydrogen-bond acceptors (Lipinski definition) is 4. The van der Waals surface area contributed by atoms with Gasteiger partial charge in [0.05, 0.1) is 17.3 Å². The highest BCUT2D eigenvalue weighted by Gasteiger charge is 2.20. The number of piperidine rings is 1. The smallest absolute Gasteiger partial charge is 0.224 e. The average molecular weight is 417 g/mol. The third kappa shape index (κ3) is 7.03. The molecule has 0 atom stereocenters. The van der Waals surface area contributed by atoms with Crippen LogP contribution in [0.25, 0.3) is 0 Å². The van der Waals surface area contributed by atoms with E-state index in [1.54, 1.807) is 6.07 Å². The molecule has 0 unspecified atom stereocenters. The van der Waals surface area contributed by atoms with Crippen LogP contribution in [0.3, 0.4) is 0 Å². The van der Waals surface area contributed by atoms with E-state index in [0.29, 0.717) is 29.7 Å². The van der Waals surface area contributed by atoms with Crippen molar-refractivity contribution in [3.63, 3.8) is 0 Å². The Kier molecular flexibility index (Phi) is 8.35. The monoisotopic (exact) mass is 416 g/mol. The van der Waals surface area contributed by atoms with Crippen molar-refractivity contribution in [2.24, 2.45) is 5.92 Å². The van der Waals surface area contributed by atoms with E-state index in [-0.39, 0.29) is 12.5 Å². The van der Waals surface area contributed by atoms with E-state index in [0.717, 1.165) is 44.6 Å². The Labute approximate surface area is 177 Å². The molecule has 2 N–H and O–H groups in total. The maximum Gasteiger partial charge on any atom is 0.224 e. The van der Waals surface area contributed by atoms with Gasteiger partial charge in [-0.2, -0.15) is 0 Å². The molecule has 1 aliphatic heterocycles. The summed E-state index contributed by atoms with van der Waals surface area (Å²) >= 11 is 6.09. The molecule has 3 rings (SSSR count). The van der Waals surface area contributed by atoms with Gasteiger partial charge < -0.3 is 15.2 Å². The van der Waals surface area contributed by atoms with Crippen molar-refractivity contribution in [3.05, 3.63) is 59.1 Å². The van der Waals surface area contributed by atoms with Crippen LogP contribution < -0.4 is 10.1 Å². The number of halogens is 1. The van der Waals surface area contributed by atoms with Gasteiger partial charge in [0.2, 0.25) is 5.91 Å². The summed E-state index contributed by atoms with van der Waals surface area (Å²) in [4.78, 5) is 14.7. The SMILES string of the molecule is O=C(CCC1CCN(Cc2ccc(OCCO)cc2)CC1)Nc1ccccc1Cl. The number of hydrogen-bond donors (Lipinski definition) is 2. The van der Waals surface area contributed by atoms with E-state index < -0.39 is 0 Å². The van der Waals surface area contributed by atoms with Gasteiger partial charge in [0.25, 0.3) is 0 Å². The largest absolute Gasteiger partial charge is 0.491 e. The fourth-order valence-corrected chi connectivity index (χ4v) is 3.84. The van der Waals surface area contributed by atoms with Crippen LogP contribution in [0.5, 0.6) is 5.75 Å². The van der Waals surface area contributed by atoms with Gasteiger partial charge in [0, 0.05) is 13.0 Å². The van der Waals surface area contributed by atoms with Crippen LogP contribution >= 0.6 is 11.6 Å². The van der Waals surface area contributed by atoms with Crippen molar-refractivity contribution in [3.8, 4) is 5.75 Å². The molecule has 1 fully saturated rings. The number of ether oxygens (including phenoxy) is 1. The van der Waals surface area contributed by atoms with Crippen LogP contribution in [-0.4, -0.2) is 42.2 Å². The number of aliphatic hydroxyl groups excluding tert-OH is 1. The summed E-state index contributed by atoms with van der Waals surface area (Å²) in [5.74, 6) is 1.41. The van der Waals surface area contributed by atoms with Gasteiger partial charge in [0.1, 0.15) is 12.4 Å². The third-order valence-electron chi connectivity index (χ3n) is 5.32. The molecule has 2 aromatic carbocycles. The summed E-state index contributed by atoms with van der Waals surface area (Å²) in [7, 11) is 0. The van der Waals surface area contributed by atoms with E-state index >= 15 is 0 Å². The van der Waals surface area contributed by atoms with Gasteiger partial charge >= 0.3 is 0 Å². The second-order valence-electron chi connectivity index (χ2n) is 7.50. The number of anilines is 1. The first kappa shape index (κ1) is 21.6. The number of amides is 1. The fraction of sp³-hybridized carbons (Fsp3) is 0.435. The number of nitrogens with one attached hydrogen (secondary N) is 1. The zero-order valence-electron chi connectivity index (χ0n) is 16.6. The molecular formula is C23H29ClN2O3. The lowest BCUT2D eigenvalue weighted by molar-refractivity contribution is -0.116. The van der Waals surface area contributed by atoms with Crippen LogP contribution in [0.15, 0.2) is 48.5 Å². The van der Waals surface area contributed by atoms with Crippen LogP contribution in [0.4, 0.5) is 5.69 Å². The predicted molar refractivity (Wildman–Crippen MR) is 116 cm³/mol. The van der Waals surface area contributed by atoms with Gasteiger partial charge in [-0.1, -0.05) is 35.9 Å². The molecule has 0 bridgehead atoms. The quantitative estimate of drug-likeness (QED) is 0.638. The number of aliphatic hydroxyl groups is 1. The molecule has 0 spiro atoms. The molecule has 1 aliphatic rings. The zero-order chi connectivity index (χ0) is 20.5. The molecule has 6 heteroatoms. The van der Waals surface area contributed by atoms with Crippen molar-refractivity contribution < 1.29 is 14.6 Å². The van der Waals surface area contributed by atoms with Gasteiger partial charge in [-0.05, 0) is 68.1 Å². The van der Waals surface area contributed by atoms with Crippen molar-refractivity contribution in [1.29, 1.82) is 0 Å². The van der Waals surface area contributed by atoms with Crippen molar-refractivity contribution >= 4 is 23.2 Å². The third-order valence-corrected chi connectivity index (χ3v) is 5.65. The Morgan fingerprint density at radius 3 is 2.55 bits per heavy atom. The molecule has 156 valence electrons. The number of nitrogens with zero attached hydrogens (tertiary/aromatic N) is 1. The van der Waals surface area contributed by atoms with Crippen LogP contribution in [0, 0.1) is 5.92 Å². The van der Waals surface area contributed by atoms with Crippen LogP contribution in [0.1, 0.15) is 31.2 Å². The first-order valence-corrected chi connectivity index (χ1v) is 10.6. The number of para-hydroxylation sites is 1. The molecule has 5 nitrogen and oxygen atoms in total. The molecule has 1 heterocycles. The lowest BCUT2D eigenvalue weighted by atomic mass is 9.92. The Morgan fingerprint density at radius 2 is 1.86 bits per heavy atom. The van der Waals surface area contributed by atoms with Crippen LogP contribution in [-0.2, 0) is 11.3 Å². The Hall–Kier alpha value is -2.08. The number of rotatable bonds is 9. The fourth-order valence-electron chi connectivity index (χ4n) is 3.66. The summed E-state index contributed by atoms with van der Waals surface area (Å²) < 4.78 is 5.40. The molecule has 29 heavy (non-hydrogen) atoms. The normalized spacial score (nSPS) is 15.2. The summed E-state index contributed by atoms with van der Waals surface area (Å²) in [6.07, 6.45) is 3.69. The minimum atomic E-state index is 0.0261. The van der Waals surface area contributed by atoms with Crippen molar-refractivity contribution in [1.82, 2.24) is 4.90 Å². The molecule has 0 aliphatic carbocycles. The Morgan fingerprint density at radius 1 is 1.14 bits per heavy atom. The van der Waals surface area contributed by atoms with Crippen LogP contribution in [0.2, 0.25) is 5.02 Å². The minimum Gasteiger partial charge on any atom is -0.491 e. The minimum absolute atomic E-state index is 0.0261. The van der Waals surface area contributed by atoms with Gasteiger partial charge in [-0.25, -0.2) is 0 Å². The standard InChI is InChI=1S/C23H29ClN2O3/c24-21-3-1-2-4-22(21)25-23(28)10-7-18-11-13-26(14-12-18)17-19-5-8-20(9-6-19)29-16-15-27/h1-6,8-9,18,27H,7,10-17H2,(H,25,28). The van der Waals surface area contributed by atoms with Gasteiger partial charge in [-0.3, -0.25) is 9.69 Å². The maximum absolute atomic E-state index is 12.2. The summed E-state index contributed by atoms with van der Waals surface area (Å²) in [5.41, 5.74) is 1.95. The number of carbonyl (C=O) groups excluding carboxylic acids is 1. The zero-order valence-corrected chi connectivity index (χ0v) is 17.4. The first-order chi connectivity index (χ1) is 14.1. The van der Waals surface area contributed by atoms with Gasteiger partial charge in [0.15, 0.2) is 0 Å². The molecule has 0 saturated carbocycles. The second kappa shape index (κ2) is 11.2. The molecular weight excluding hydrogens is 388 g/mol. The predicted octanol–water partition coefficient (Wildman–Crippen LogP) is 4.34. The number of benzene rings is 2. The summed E-state index contributed by atoms with van der Waals surface area (Å²) in [6.45, 7) is 3.39. The van der Waals surface area contributed by atoms with E-state index in [1.807, 2.05) is 30.3 Å². The topological polar surface area (TPSA) is 61.8 Å². The second-order valence-corrected chi connectivity index (χ2v) is 7.91. The molecule has 1 amide bonds. The molecule has 1 saturated heterocycles. The van der Waals surface area contributed by atoms with Crippen molar-refractivity contribution in [2.45, 2.75) is 32.2 Å². The number of carbonyl (C=O) groups is 1. The first-order valence-electron chi connectivity index (χ1n) is 10.2. The molecule has 0 aromatic heterocycles. The lowest BCUT2D eigenvalue weighted by Gasteiger charge is -2.32. The van der Waals surface area contributed by atoms with E-state index in [1.165, 1.54) is 5.56 Å². The average Bonchev–Trinajstić information content (AvgIpc) is 2.74. The summed E-state index contributed by atoms with van der Waals surface area (Å²) in [6, 6.07) is 15.4. The van der Waals surface area contributed by atoms with E-state index in [9.17, 15) is 4.79 Å². The number of likely N-dealkylation sites (tertiary alicyclic amines) is 1. The Balaban J connectivity index is 1.36. The van der Waals surface area contributed by atoms with Crippen molar-refractivity contribution in [2.75, 3.05) is 31.6 Å². The highest BCUT2D eigenvalue weighted by Crippen LogP contribution is 2.25. The lowest BCUT2D eigenvalue weighted by Crippen LogP contribution is -2.33. The summed E-state index contributed by atoms with van der Waals surface area (Å²) in [5, 5.41) is 12.3.